The fourth-order valence-electron chi connectivity index (χ4n) is 1.78. The van der Waals surface area contributed by atoms with Gasteiger partial charge in [-0.2, -0.15) is 0 Å². The van der Waals surface area contributed by atoms with Crippen LogP contribution in [-0.4, -0.2) is 13.0 Å². The van der Waals surface area contributed by atoms with E-state index in [-0.39, 0.29) is 0 Å². The number of aromatic nitrogens is 1. The zero-order chi connectivity index (χ0) is 13.2. The van der Waals surface area contributed by atoms with E-state index >= 15 is 0 Å². The summed E-state index contributed by atoms with van der Waals surface area (Å²) in [5, 5.41) is 0. The smallest absolute Gasteiger partial charge is 0.241 e. The van der Waals surface area contributed by atoms with Crippen molar-refractivity contribution in [2.45, 2.75) is 18.4 Å². The number of rotatable bonds is 4. The van der Waals surface area contributed by atoms with E-state index in [0.29, 0.717) is 11.4 Å². The summed E-state index contributed by atoms with van der Waals surface area (Å²) in [4.78, 5) is 0.333. The molecule has 0 unspecified atom stereocenters. The Morgan fingerprint density at radius 1 is 1.17 bits per heavy atom. The maximum absolute atomic E-state index is 12.1. The van der Waals surface area contributed by atoms with Crippen molar-refractivity contribution in [2.24, 2.45) is 7.05 Å². The molecular weight excluding hydrogens is 248 g/mol. The highest BCUT2D eigenvalue weighted by atomic mass is 32.2. The van der Waals surface area contributed by atoms with Crippen LogP contribution in [-0.2, 0) is 23.6 Å². The van der Waals surface area contributed by atoms with Gasteiger partial charge in [-0.25, -0.2) is 13.1 Å². The highest BCUT2D eigenvalue weighted by Gasteiger charge is 2.15. The average molecular weight is 264 g/mol. The van der Waals surface area contributed by atoms with Gasteiger partial charge in [-0.05, 0) is 30.7 Å². The normalized spacial score (nSPS) is 11.7. The maximum atomic E-state index is 12.1. The van der Waals surface area contributed by atoms with E-state index < -0.39 is 10.0 Å². The Kier molecular flexibility index (Phi) is 3.54. The molecule has 0 aliphatic heterocycles. The second kappa shape index (κ2) is 4.96. The van der Waals surface area contributed by atoms with E-state index in [1.54, 1.807) is 25.1 Å². The number of nitrogens with zero attached hydrogens (tertiary/aromatic N) is 1. The highest BCUT2D eigenvalue weighted by molar-refractivity contribution is 7.89. The summed E-state index contributed by atoms with van der Waals surface area (Å²) < 4.78 is 28.8. The van der Waals surface area contributed by atoms with Crippen LogP contribution in [0.15, 0.2) is 47.5 Å². The quantitative estimate of drug-likeness (QED) is 0.915. The molecule has 0 fully saturated rings. The van der Waals surface area contributed by atoms with Crippen LogP contribution in [0.1, 0.15) is 11.3 Å². The lowest BCUT2D eigenvalue weighted by atomic mass is 10.2. The Morgan fingerprint density at radius 2 is 1.89 bits per heavy atom. The lowest BCUT2D eigenvalue weighted by molar-refractivity contribution is 0.578. The van der Waals surface area contributed by atoms with Crippen molar-refractivity contribution in [3.63, 3.8) is 0 Å². The third-order valence-electron chi connectivity index (χ3n) is 2.88. The monoisotopic (exact) mass is 264 g/mol. The van der Waals surface area contributed by atoms with Crippen molar-refractivity contribution in [2.75, 3.05) is 0 Å². The third kappa shape index (κ3) is 2.63. The van der Waals surface area contributed by atoms with Gasteiger partial charge in [0.25, 0.3) is 0 Å². The molecule has 2 rings (SSSR count). The molecule has 1 heterocycles. The molecule has 18 heavy (non-hydrogen) atoms. The van der Waals surface area contributed by atoms with Crippen LogP contribution < -0.4 is 4.72 Å². The molecule has 0 spiro atoms. The fourth-order valence-corrected chi connectivity index (χ4v) is 3.03. The number of hydrogen-bond donors (Lipinski definition) is 1. The summed E-state index contributed by atoms with van der Waals surface area (Å²) in [7, 11) is -1.56. The van der Waals surface area contributed by atoms with E-state index in [4.69, 9.17) is 0 Å². The number of hydrogen-bond acceptors (Lipinski definition) is 2. The Labute approximate surface area is 107 Å². The van der Waals surface area contributed by atoms with Crippen LogP contribution >= 0.6 is 0 Å². The Hall–Kier alpha value is -1.59. The molecule has 0 amide bonds. The zero-order valence-electron chi connectivity index (χ0n) is 10.4. The second-order valence-electron chi connectivity index (χ2n) is 4.20. The maximum Gasteiger partial charge on any atom is 0.241 e. The van der Waals surface area contributed by atoms with Crippen molar-refractivity contribution in [3.05, 3.63) is 53.9 Å². The third-order valence-corrected chi connectivity index (χ3v) is 4.44. The molecule has 0 radical (unpaired) electrons. The molecule has 2 aromatic rings. The van der Waals surface area contributed by atoms with Crippen LogP contribution in [0.25, 0.3) is 0 Å². The minimum Gasteiger partial charge on any atom is -0.353 e. The summed E-state index contributed by atoms with van der Waals surface area (Å²) >= 11 is 0. The van der Waals surface area contributed by atoms with Crippen molar-refractivity contribution < 1.29 is 8.42 Å². The Balaban J connectivity index is 2.19. The Bertz CT molecular complexity index is 645. The van der Waals surface area contributed by atoms with Crippen molar-refractivity contribution in [1.29, 1.82) is 0 Å². The summed E-state index contributed by atoms with van der Waals surface area (Å²) in [5.41, 5.74) is 1.67. The highest BCUT2D eigenvalue weighted by Crippen LogP contribution is 2.14. The predicted octanol–water partition coefficient (Wildman–Crippen LogP) is 1.81. The van der Waals surface area contributed by atoms with Gasteiger partial charge in [0.05, 0.1) is 11.4 Å². The van der Waals surface area contributed by atoms with Gasteiger partial charge in [0, 0.05) is 18.9 Å². The summed E-state index contributed by atoms with van der Waals surface area (Å²) in [6.45, 7) is 2.08. The lowest BCUT2D eigenvalue weighted by Crippen LogP contribution is -2.24. The molecule has 0 saturated heterocycles. The molecule has 5 heteroatoms. The minimum absolute atomic E-state index is 0.292. The van der Waals surface area contributed by atoms with Gasteiger partial charge in [-0.3, -0.25) is 0 Å². The van der Waals surface area contributed by atoms with Crippen LogP contribution in [0.4, 0.5) is 0 Å². The topological polar surface area (TPSA) is 51.1 Å². The van der Waals surface area contributed by atoms with Gasteiger partial charge in [0.15, 0.2) is 0 Å². The van der Waals surface area contributed by atoms with Crippen LogP contribution in [0.5, 0.6) is 0 Å². The van der Waals surface area contributed by atoms with E-state index in [2.05, 4.69) is 4.72 Å². The van der Waals surface area contributed by atoms with Gasteiger partial charge in [-0.1, -0.05) is 18.2 Å². The van der Waals surface area contributed by atoms with Crippen molar-refractivity contribution >= 4 is 10.0 Å². The van der Waals surface area contributed by atoms with Gasteiger partial charge in [0.1, 0.15) is 0 Å². The first kappa shape index (κ1) is 12.9. The predicted molar refractivity (Wildman–Crippen MR) is 70.6 cm³/mol. The second-order valence-corrected chi connectivity index (χ2v) is 5.94. The molecule has 4 nitrogen and oxygen atoms in total. The van der Waals surface area contributed by atoms with E-state index in [1.165, 1.54) is 0 Å². The van der Waals surface area contributed by atoms with Crippen LogP contribution in [0.2, 0.25) is 0 Å². The van der Waals surface area contributed by atoms with Gasteiger partial charge < -0.3 is 4.57 Å². The van der Waals surface area contributed by atoms with E-state index in [1.807, 2.05) is 36.0 Å². The minimum atomic E-state index is -3.45. The van der Waals surface area contributed by atoms with Gasteiger partial charge in [-0.15, -0.1) is 0 Å². The van der Waals surface area contributed by atoms with Crippen molar-refractivity contribution in [3.8, 4) is 0 Å². The number of sulfonamides is 1. The van der Waals surface area contributed by atoms with E-state index in [9.17, 15) is 8.42 Å². The first-order valence-electron chi connectivity index (χ1n) is 5.66. The molecule has 0 aliphatic carbocycles. The molecule has 0 aliphatic rings. The summed E-state index contributed by atoms with van der Waals surface area (Å²) in [5.74, 6) is 0. The van der Waals surface area contributed by atoms with Crippen LogP contribution in [0.3, 0.4) is 0 Å². The average Bonchev–Trinajstić information content (AvgIpc) is 2.73. The van der Waals surface area contributed by atoms with Gasteiger partial charge >= 0.3 is 0 Å². The van der Waals surface area contributed by atoms with Gasteiger partial charge in [0.2, 0.25) is 10.0 Å². The zero-order valence-corrected chi connectivity index (χ0v) is 11.2. The molecule has 0 bridgehead atoms. The van der Waals surface area contributed by atoms with Crippen molar-refractivity contribution in [1.82, 2.24) is 9.29 Å². The van der Waals surface area contributed by atoms with E-state index in [0.717, 1.165) is 11.3 Å². The molecule has 1 aromatic heterocycles. The molecule has 96 valence electrons. The first-order valence-corrected chi connectivity index (χ1v) is 7.14. The number of benzene rings is 1. The molecule has 0 saturated carbocycles. The number of nitrogens with one attached hydrogen (secondary N) is 1. The van der Waals surface area contributed by atoms with Crippen LogP contribution in [0, 0.1) is 6.92 Å². The SMILES string of the molecule is Cc1ccccc1S(=O)(=O)NCc1cccn1C. The lowest BCUT2D eigenvalue weighted by Gasteiger charge is -2.09. The fraction of sp³-hybridized carbons (Fsp3) is 0.231. The number of aryl methyl sites for hydroxylation is 2. The summed E-state index contributed by atoms with van der Waals surface area (Å²) in [6, 6.07) is 10.7. The molecular formula is C13H16N2O2S. The Morgan fingerprint density at radius 3 is 2.50 bits per heavy atom. The molecule has 1 aromatic carbocycles. The molecule has 0 atom stereocenters. The first-order chi connectivity index (χ1) is 8.50. The summed E-state index contributed by atoms with van der Waals surface area (Å²) in [6.07, 6.45) is 1.89. The standard InChI is InChI=1S/C13H16N2O2S/c1-11-6-3-4-8-13(11)18(16,17)14-10-12-7-5-9-15(12)2/h3-9,14H,10H2,1-2H3. The molecule has 1 N–H and O–H groups in total. The largest absolute Gasteiger partial charge is 0.353 e.